The van der Waals surface area contributed by atoms with Crippen LogP contribution in [0.3, 0.4) is 0 Å². The SMILES string of the molecule is NC[C@@H]1O[C@H](O[C@H]2[C@@H](O)[C@H](O[C@@H]3[C@@H](O)[C@H](NC(=O)C4(O)CC(N)C4)C[C@H](N)[C@H]3O[C@H]3O[C@H](CN)[C@H](O)C[C@H]3N)O[C@@H]2CO)[C@H](N)[C@@H](O)[C@@H]1O. The minimum atomic E-state index is -1.73. The normalized spacial score (nSPS) is 52.1. The van der Waals surface area contributed by atoms with Crippen molar-refractivity contribution in [2.24, 2.45) is 34.4 Å². The molecule has 2 saturated carbocycles. The highest BCUT2D eigenvalue weighted by molar-refractivity contribution is 5.86. The van der Waals surface area contributed by atoms with E-state index in [2.05, 4.69) is 5.32 Å². The van der Waals surface area contributed by atoms with Gasteiger partial charge in [-0.2, -0.15) is 0 Å². The number of nitrogens with one attached hydrogen (secondary N) is 1. The Kier molecular flexibility index (Phi) is 12.5. The second kappa shape index (κ2) is 15.8. The second-order valence-electron chi connectivity index (χ2n) is 13.8. The van der Waals surface area contributed by atoms with Crippen LogP contribution in [0.25, 0.3) is 0 Å². The maximum absolute atomic E-state index is 13.0. The van der Waals surface area contributed by atoms with Gasteiger partial charge in [-0.15, -0.1) is 0 Å². The van der Waals surface area contributed by atoms with Gasteiger partial charge >= 0.3 is 0 Å². The molecule has 0 aromatic heterocycles. The molecule has 284 valence electrons. The minimum absolute atomic E-state index is 0.0207. The van der Waals surface area contributed by atoms with Crippen molar-refractivity contribution in [2.45, 2.75) is 148 Å². The Morgan fingerprint density at radius 2 is 1.31 bits per heavy atom. The quantitative estimate of drug-likeness (QED) is 0.0945. The number of aliphatic hydroxyl groups excluding tert-OH is 6. The molecule has 0 radical (unpaired) electrons. The van der Waals surface area contributed by atoms with Crippen molar-refractivity contribution < 1.29 is 69.0 Å². The summed E-state index contributed by atoms with van der Waals surface area (Å²) in [5, 5.41) is 77.2. The summed E-state index contributed by atoms with van der Waals surface area (Å²) in [5.41, 5.74) is 34.2. The number of hydrogen-bond donors (Lipinski definition) is 14. The lowest BCUT2D eigenvalue weighted by Crippen LogP contribution is -2.69. The van der Waals surface area contributed by atoms with Gasteiger partial charge in [-0.05, 0) is 12.8 Å². The van der Waals surface area contributed by atoms with E-state index >= 15 is 0 Å². The minimum Gasteiger partial charge on any atom is -0.394 e. The van der Waals surface area contributed by atoms with Crippen LogP contribution in [0.15, 0.2) is 0 Å². The number of carbonyl (C=O) groups is 1. The van der Waals surface area contributed by atoms with Crippen LogP contribution in [0, 0.1) is 0 Å². The first-order valence-corrected chi connectivity index (χ1v) is 16.5. The van der Waals surface area contributed by atoms with Gasteiger partial charge < -0.3 is 104 Å². The summed E-state index contributed by atoms with van der Waals surface area (Å²) in [6.07, 6.45) is -18.3. The highest BCUT2D eigenvalue weighted by Crippen LogP contribution is 2.36. The van der Waals surface area contributed by atoms with Crippen LogP contribution < -0.4 is 39.7 Å². The molecular formula is C28H53N7O14. The third-order valence-corrected chi connectivity index (χ3v) is 10.1. The number of aliphatic hydroxyl groups is 7. The summed E-state index contributed by atoms with van der Waals surface area (Å²) in [5.74, 6) is -0.765. The number of amides is 1. The second-order valence-corrected chi connectivity index (χ2v) is 13.8. The molecule has 21 nitrogen and oxygen atoms in total. The van der Waals surface area contributed by atoms with Crippen LogP contribution in [-0.2, 0) is 33.2 Å². The molecule has 20 N–H and O–H groups in total. The van der Waals surface area contributed by atoms with E-state index in [4.69, 9.17) is 62.8 Å². The van der Waals surface area contributed by atoms with Crippen molar-refractivity contribution >= 4 is 5.91 Å². The molecule has 0 bridgehead atoms. The fourth-order valence-corrected chi connectivity index (χ4v) is 7.13. The lowest BCUT2D eigenvalue weighted by atomic mass is 9.75. The molecule has 2 aliphatic carbocycles. The van der Waals surface area contributed by atoms with Gasteiger partial charge in [0.25, 0.3) is 5.91 Å². The Balaban J connectivity index is 1.35. The molecule has 18 atom stereocenters. The molecule has 0 spiro atoms. The van der Waals surface area contributed by atoms with Gasteiger partial charge in [0.05, 0.1) is 36.9 Å². The highest BCUT2D eigenvalue weighted by atomic mass is 16.8. The van der Waals surface area contributed by atoms with Crippen molar-refractivity contribution in [1.82, 2.24) is 5.32 Å². The van der Waals surface area contributed by atoms with Gasteiger partial charge in [-0.25, -0.2) is 0 Å². The molecule has 5 aliphatic rings. The van der Waals surface area contributed by atoms with Gasteiger partial charge in [0.2, 0.25) is 0 Å². The van der Waals surface area contributed by atoms with Crippen molar-refractivity contribution in [1.29, 1.82) is 0 Å². The fraction of sp³-hybridized carbons (Fsp3) is 0.964. The Bertz CT molecular complexity index is 1110. The molecule has 5 fully saturated rings. The van der Waals surface area contributed by atoms with Crippen LogP contribution in [-0.4, -0.2) is 183 Å². The van der Waals surface area contributed by atoms with Crippen LogP contribution in [0.4, 0.5) is 0 Å². The van der Waals surface area contributed by atoms with E-state index in [0.29, 0.717) is 0 Å². The number of nitrogens with two attached hydrogens (primary N) is 6. The van der Waals surface area contributed by atoms with Gasteiger partial charge in [-0.3, -0.25) is 4.79 Å². The maximum atomic E-state index is 13.0. The third kappa shape index (κ3) is 7.90. The van der Waals surface area contributed by atoms with E-state index in [-0.39, 0.29) is 44.8 Å². The van der Waals surface area contributed by atoms with Crippen molar-refractivity contribution in [3.8, 4) is 0 Å². The molecule has 21 heteroatoms. The number of ether oxygens (including phenoxy) is 6. The lowest BCUT2D eigenvalue weighted by molar-refractivity contribution is -0.296. The Labute approximate surface area is 282 Å². The van der Waals surface area contributed by atoms with E-state index in [1.807, 2.05) is 0 Å². The number of carbonyl (C=O) groups excluding carboxylic acids is 1. The first kappa shape index (κ1) is 38.9. The maximum Gasteiger partial charge on any atom is 0.252 e. The Morgan fingerprint density at radius 1 is 0.714 bits per heavy atom. The molecule has 0 unspecified atom stereocenters. The standard InChI is InChI=1S/C28H53N7O14/c29-5-13-12(37)2-10(33)24(44-13)47-21-9(32)1-11(35-27(42)28(43)3-8(31)4-28)17(38)23(21)49-26-20(41)22(15(7-36)46-26)48-25-16(34)19(40)18(39)14(6-30)45-25/h8-26,36-41,43H,1-7,29-34H2,(H,35,42)/t8?,9-,10+,11+,12+,13+,14-,15+,16+,17-,18+,19+,20+,21+,22+,23+,24+,25+,26-,28?/m0/s1. The van der Waals surface area contributed by atoms with Crippen LogP contribution in [0.2, 0.25) is 0 Å². The van der Waals surface area contributed by atoms with Gasteiger partial charge in [0, 0.05) is 38.0 Å². The van der Waals surface area contributed by atoms with Crippen molar-refractivity contribution in [3.63, 3.8) is 0 Å². The summed E-state index contributed by atoms with van der Waals surface area (Å²) in [7, 11) is 0. The zero-order chi connectivity index (χ0) is 35.9. The Morgan fingerprint density at radius 3 is 1.92 bits per heavy atom. The zero-order valence-corrected chi connectivity index (χ0v) is 26.9. The molecule has 49 heavy (non-hydrogen) atoms. The first-order valence-electron chi connectivity index (χ1n) is 16.5. The molecular weight excluding hydrogens is 658 g/mol. The van der Waals surface area contributed by atoms with Crippen LogP contribution in [0.5, 0.6) is 0 Å². The van der Waals surface area contributed by atoms with Crippen LogP contribution >= 0.6 is 0 Å². The smallest absolute Gasteiger partial charge is 0.252 e. The molecule has 1 amide bonds. The molecule has 5 rings (SSSR count). The summed E-state index contributed by atoms with van der Waals surface area (Å²) in [6, 6.07) is -4.53. The summed E-state index contributed by atoms with van der Waals surface area (Å²) in [4.78, 5) is 13.0. The number of rotatable bonds is 11. The van der Waals surface area contributed by atoms with Crippen LogP contribution in [0.1, 0.15) is 25.7 Å². The Hall–Kier alpha value is -1.29. The molecule has 3 heterocycles. The largest absolute Gasteiger partial charge is 0.394 e. The van der Waals surface area contributed by atoms with Gasteiger partial charge in [0.1, 0.15) is 60.5 Å². The predicted octanol–water partition coefficient (Wildman–Crippen LogP) is -8.86. The monoisotopic (exact) mass is 711 g/mol. The molecule has 0 aromatic carbocycles. The van der Waals surface area contributed by atoms with Crippen molar-refractivity contribution in [3.05, 3.63) is 0 Å². The third-order valence-electron chi connectivity index (χ3n) is 10.1. The summed E-state index contributed by atoms with van der Waals surface area (Å²) < 4.78 is 35.4. The predicted molar refractivity (Wildman–Crippen MR) is 163 cm³/mol. The first-order chi connectivity index (χ1) is 23.1. The summed E-state index contributed by atoms with van der Waals surface area (Å²) >= 11 is 0. The van der Waals surface area contributed by atoms with Crippen molar-refractivity contribution in [2.75, 3.05) is 19.7 Å². The zero-order valence-electron chi connectivity index (χ0n) is 26.9. The topological polar surface area (TPSA) is 382 Å². The summed E-state index contributed by atoms with van der Waals surface area (Å²) in [6.45, 7) is -0.920. The number of hydrogen-bond acceptors (Lipinski definition) is 20. The average molecular weight is 712 g/mol. The molecule has 3 aliphatic heterocycles. The van der Waals surface area contributed by atoms with E-state index in [0.717, 1.165) is 0 Å². The fourth-order valence-electron chi connectivity index (χ4n) is 7.13. The van der Waals surface area contributed by atoms with Gasteiger partial charge in [-0.1, -0.05) is 0 Å². The molecule has 3 saturated heterocycles. The molecule has 0 aromatic rings. The van der Waals surface area contributed by atoms with E-state index in [1.165, 1.54) is 0 Å². The van der Waals surface area contributed by atoms with E-state index in [1.54, 1.807) is 0 Å². The van der Waals surface area contributed by atoms with E-state index in [9.17, 15) is 40.5 Å². The lowest BCUT2D eigenvalue weighted by Gasteiger charge is -2.48. The van der Waals surface area contributed by atoms with Gasteiger partial charge in [0.15, 0.2) is 18.9 Å². The highest BCUT2D eigenvalue weighted by Gasteiger charge is 2.55. The average Bonchev–Trinajstić information content (AvgIpc) is 3.34. The van der Waals surface area contributed by atoms with E-state index < -0.39 is 128 Å².